The van der Waals surface area contributed by atoms with Gasteiger partial charge in [0.25, 0.3) is 0 Å². The van der Waals surface area contributed by atoms with E-state index < -0.39 is 20.0 Å². The van der Waals surface area contributed by atoms with Crippen molar-refractivity contribution in [1.29, 1.82) is 5.26 Å². The Balaban J connectivity index is 0.000000186. The first kappa shape index (κ1) is 23.8. The van der Waals surface area contributed by atoms with Crippen molar-refractivity contribution in [3.8, 4) is 6.07 Å². The van der Waals surface area contributed by atoms with Gasteiger partial charge in [0.2, 0.25) is 20.0 Å². The van der Waals surface area contributed by atoms with E-state index in [1.807, 2.05) is 0 Å². The van der Waals surface area contributed by atoms with Crippen LogP contribution >= 0.6 is 0 Å². The molecule has 172 valence electrons. The van der Waals surface area contributed by atoms with Gasteiger partial charge in [0.05, 0.1) is 48.9 Å². The molecule has 0 aliphatic heterocycles. The summed E-state index contributed by atoms with van der Waals surface area (Å²) >= 11 is 0. The molecule has 0 bridgehead atoms. The number of carbonyl (C=O) groups is 1. The van der Waals surface area contributed by atoms with Crippen LogP contribution in [0.15, 0.2) is 57.8 Å². The second kappa shape index (κ2) is 9.35. The third-order valence-corrected chi connectivity index (χ3v) is 5.53. The van der Waals surface area contributed by atoms with Crippen LogP contribution in [0.25, 0.3) is 21.9 Å². The van der Waals surface area contributed by atoms with Crippen LogP contribution in [0.1, 0.15) is 15.9 Å². The van der Waals surface area contributed by atoms with Gasteiger partial charge in [0.15, 0.2) is 17.5 Å². The lowest BCUT2D eigenvalue weighted by Gasteiger charge is -2.06. The van der Waals surface area contributed by atoms with Gasteiger partial charge in [-0.2, -0.15) is 5.26 Å². The van der Waals surface area contributed by atoms with E-state index in [0.29, 0.717) is 39.8 Å². The van der Waals surface area contributed by atoms with Crippen LogP contribution in [0, 0.1) is 11.3 Å². The Bertz CT molecular complexity index is 1580. The Morgan fingerprint density at radius 1 is 0.848 bits per heavy atom. The van der Waals surface area contributed by atoms with Gasteiger partial charge >= 0.3 is 0 Å². The molecular formula is C21H19N3O7S2. The molecule has 0 saturated heterocycles. The highest BCUT2D eigenvalue weighted by atomic mass is 32.2. The molecule has 0 aliphatic carbocycles. The van der Waals surface area contributed by atoms with Crippen LogP contribution in [0.2, 0.25) is 0 Å². The number of anilines is 2. The van der Waals surface area contributed by atoms with Crippen molar-refractivity contribution in [3.63, 3.8) is 0 Å². The van der Waals surface area contributed by atoms with E-state index in [0.717, 1.165) is 23.5 Å². The molecule has 0 unspecified atom stereocenters. The number of nitrogens with zero attached hydrogens (tertiary/aromatic N) is 1. The molecule has 33 heavy (non-hydrogen) atoms. The molecule has 0 amide bonds. The molecule has 10 nitrogen and oxygen atoms in total. The highest BCUT2D eigenvalue weighted by Gasteiger charge is 2.12. The van der Waals surface area contributed by atoms with Gasteiger partial charge in [-0.05, 0) is 35.9 Å². The van der Waals surface area contributed by atoms with Crippen LogP contribution in [0.3, 0.4) is 0 Å². The van der Waals surface area contributed by atoms with Crippen LogP contribution in [0.5, 0.6) is 0 Å². The number of fused-ring (bicyclic) bond motifs is 2. The zero-order valence-electron chi connectivity index (χ0n) is 17.5. The Morgan fingerprint density at radius 2 is 1.36 bits per heavy atom. The van der Waals surface area contributed by atoms with Crippen molar-refractivity contribution < 1.29 is 30.5 Å². The van der Waals surface area contributed by atoms with Gasteiger partial charge in [-0.1, -0.05) is 6.07 Å². The molecule has 0 atom stereocenters. The summed E-state index contributed by atoms with van der Waals surface area (Å²) in [5.74, 6) is 0. The number of hydrogen-bond acceptors (Lipinski definition) is 8. The Morgan fingerprint density at radius 3 is 1.88 bits per heavy atom. The molecule has 0 spiro atoms. The third kappa shape index (κ3) is 5.91. The average Bonchev–Trinajstić information content (AvgIpc) is 3.39. The second-order valence-electron chi connectivity index (χ2n) is 7.00. The minimum absolute atomic E-state index is 0.259. The van der Waals surface area contributed by atoms with Crippen LogP contribution in [0.4, 0.5) is 11.4 Å². The van der Waals surface area contributed by atoms with Gasteiger partial charge in [-0.25, -0.2) is 16.8 Å². The summed E-state index contributed by atoms with van der Waals surface area (Å²) in [7, 11) is -6.71. The topological polar surface area (TPSA) is 159 Å². The highest BCUT2D eigenvalue weighted by molar-refractivity contribution is 7.92. The zero-order chi connectivity index (χ0) is 24.2. The molecule has 2 aromatic heterocycles. The minimum atomic E-state index is -3.36. The van der Waals surface area contributed by atoms with E-state index in [2.05, 4.69) is 15.5 Å². The summed E-state index contributed by atoms with van der Waals surface area (Å²) in [6.07, 6.45) is 5.96. The molecular weight excluding hydrogens is 470 g/mol. The first-order valence-corrected chi connectivity index (χ1v) is 13.1. The molecule has 12 heteroatoms. The van der Waals surface area contributed by atoms with Crippen LogP contribution in [-0.2, 0) is 26.5 Å². The molecule has 2 N–H and O–H groups in total. The number of benzene rings is 2. The lowest BCUT2D eigenvalue weighted by molar-refractivity contribution is 0.112. The SMILES string of the molecule is CS(=O)(=O)Nc1ccc(C=O)c2ccoc12.CS(=O)(=O)Nc1ccc(CC#N)c2ccoc12. The van der Waals surface area contributed by atoms with Crippen molar-refractivity contribution in [2.75, 3.05) is 22.0 Å². The summed E-state index contributed by atoms with van der Waals surface area (Å²) in [6.45, 7) is 0. The molecule has 4 rings (SSSR count). The summed E-state index contributed by atoms with van der Waals surface area (Å²) < 4.78 is 59.6. The maximum atomic E-state index is 11.2. The van der Waals surface area contributed by atoms with E-state index in [9.17, 15) is 21.6 Å². The van der Waals surface area contributed by atoms with E-state index in [1.54, 1.807) is 30.3 Å². The van der Waals surface area contributed by atoms with Gasteiger partial charge < -0.3 is 8.83 Å². The van der Waals surface area contributed by atoms with E-state index in [4.69, 9.17) is 14.1 Å². The fourth-order valence-electron chi connectivity index (χ4n) is 3.11. The van der Waals surface area contributed by atoms with Gasteiger partial charge in [0.1, 0.15) is 0 Å². The Hall–Kier alpha value is -3.82. The predicted molar refractivity (Wildman–Crippen MR) is 124 cm³/mol. The number of nitrogens with one attached hydrogen (secondary N) is 2. The number of furan rings is 2. The molecule has 2 heterocycles. The number of nitriles is 1. The monoisotopic (exact) mass is 489 g/mol. The number of sulfonamides is 2. The molecule has 0 saturated carbocycles. The maximum absolute atomic E-state index is 11.2. The number of carbonyl (C=O) groups excluding carboxylic acids is 1. The molecule has 2 aromatic carbocycles. The predicted octanol–water partition coefficient (Wildman–Crippen LogP) is 3.49. The number of aldehydes is 1. The summed E-state index contributed by atoms with van der Waals surface area (Å²) in [6, 6.07) is 11.7. The van der Waals surface area contributed by atoms with Crippen molar-refractivity contribution in [1.82, 2.24) is 0 Å². The minimum Gasteiger partial charge on any atom is -0.462 e. The lowest BCUT2D eigenvalue weighted by Crippen LogP contribution is -2.09. The zero-order valence-corrected chi connectivity index (χ0v) is 19.2. The highest BCUT2D eigenvalue weighted by Crippen LogP contribution is 2.29. The summed E-state index contributed by atoms with van der Waals surface area (Å²) in [4.78, 5) is 10.7. The van der Waals surface area contributed by atoms with Crippen LogP contribution in [-0.4, -0.2) is 35.6 Å². The smallest absolute Gasteiger partial charge is 0.229 e. The standard InChI is InChI=1S/C11H10N2O3S.C10H9NO4S/c1-17(14,15)13-10-3-2-8(4-6-12)9-5-7-16-11(9)10;1-16(13,14)11-9-3-2-7(6-12)8-4-5-15-10(8)9/h2-3,5,7,13H,4H2,1H3;2-6,11H,1H3. The maximum Gasteiger partial charge on any atom is 0.229 e. The largest absolute Gasteiger partial charge is 0.462 e. The molecule has 4 aromatic rings. The van der Waals surface area contributed by atoms with Crippen molar-refractivity contribution in [3.05, 3.63) is 60.1 Å². The van der Waals surface area contributed by atoms with Crippen molar-refractivity contribution in [2.24, 2.45) is 0 Å². The van der Waals surface area contributed by atoms with E-state index in [1.165, 1.54) is 18.6 Å². The quantitative estimate of drug-likeness (QED) is 0.389. The second-order valence-corrected chi connectivity index (χ2v) is 10.5. The fraction of sp³-hybridized carbons (Fsp3) is 0.143. The third-order valence-electron chi connectivity index (χ3n) is 4.34. The van der Waals surface area contributed by atoms with Crippen molar-refractivity contribution in [2.45, 2.75) is 6.42 Å². The first-order valence-electron chi connectivity index (χ1n) is 9.29. The summed E-state index contributed by atoms with van der Waals surface area (Å²) in [5.41, 5.74) is 2.79. The Kier molecular flexibility index (Phi) is 6.75. The number of hydrogen-bond donors (Lipinski definition) is 2. The Labute approximate surface area is 189 Å². The van der Waals surface area contributed by atoms with Crippen LogP contribution < -0.4 is 9.44 Å². The van der Waals surface area contributed by atoms with E-state index in [-0.39, 0.29) is 6.42 Å². The first-order chi connectivity index (χ1) is 15.5. The molecule has 0 fully saturated rings. The van der Waals surface area contributed by atoms with Gasteiger partial charge in [-0.15, -0.1) is 0 Å². The fourth-order valence-corrected chi connectivity index (χ4v) is 4.23. The van der Waals surface area contributed by atoms with Gasteiger partial charge in [0, 0.05) is 16.3 Å². The van der Waals surface area contributed by atoms with Crippen molar-refractivity contribution >= 4 is 59.6 Å². The summed E-state index contributed by atoms with van der Waals surface area (Å²) in [5, 5.41) is 10.0. The molecule has 0 radical (unpaired) electrons. The lowest BCUT2D eigenvalue weighted by atomic mass is 10.1. The average molecular weight is 490 g/mol. The molecule has 0 aliphatic rings. The van der Waals surface area contributed by atoms with E-state index >= 15 is 0 Å². The normalized spacial score (nSPS) is 11.4. The number of rotatable bonds is 6. The van der Waals surface area contributed by atoms with Gasteiger partial charge in [-0.3, -0.25) is 14.2 Å².